The first kappa shape index (κ1) is 17.7. The standard InChI is InChI=1S/C22H32N/c1-16-9-10-18(22(5,6)7)14-19(16)20-13-17(11-12-23(20)8)15-21(2,3)4/h9-14H,15H2,1-8H3/q+1. The highest BCUT2D eigenvalue weighted by atomic mass is 14.9. The highest BCUT2D eigenvalue weighted by molar-refractivity contribution is 5.63. The number of nitrogens with zero attached hydrogens (tertiary/aromatic N) is 1. The second-order valence-electron chi connectivity index (χ2n) is 9.05. The van der Waals surface area contributed by atoms with Gasteiger partial charge in [0.15, 0.2) is 6.20 Å². The normalized spacial score (nSPS) is 12.5. The van der Waals surface area contributed by atoms with Gasteiger partial charge in [0, 0.05) is 17.7 Å². The molecule has 23 heavy (non-hydrogen) atoms. The first-order valence-electron chi connectivity index (χ1n) is 8.57. The summed E-state index contributed by atoms with van der Waals surface area (Å²) in [4.78, 5) is 0. The summed E-state index contributed by atoms with van der Waals surface area (Å²) in [5.74, 6) is 0. The Morgan fingerprint density at radius 2 is 1.57 bits per heavy atom. The van der Waals surface area contributed by atoms with E-state index in [1.807, 2.05) is 0 Å². The zero-order chi connectivity index (χ0) is 17.4. The maximum atomic E-state index is 2.37. The molecule has 0 aliphatic carbocycles. The van der Waals surface area contributed by atoms with E-state index < -0.39 is 0 Å². The Hall–Kier alpha value is -1.63. The van der Waals surface area contributed by atoms with Crippen LogP contribution in [0.2, 0.25) is 0 Å². The molecule has 1 heteroatoms. The zero-order valence-corrected chi connectivity index (χ0v) is 16.1. The van der Waals surface area contributed by atoms with E-state index in [0.29, 0.717) is 5.41 Å². The highest BCUT2D eigenvalue weighted by Crippen LogP contribution is 2.30. The third-order valence-corrected chi connectivity index (χ3v) is 4.33. The summed E-state index contributed by atoms with van der Waals surface area (Å²) in [5.41, 5.74) is 7.25. The molecular formula is C22H32N+. The van der Waals surface area contributed by atoms with Gasteiger partial charge >= 0.3 is 0 Å². The molecule has 0 aliphatic rings. The van der Waals surface area contributed by atoms with E-state index in [9.17, 15) is 0 Å². The molecule has 1 aromatic carbocycles. The lowest BCUT2D eigenvalue weighted by molar-refractivity contribution is -0.660. The largest absolute Gasteiger partial charge is 0.212 e. The Labute approximate surface area is 142 Å². The summed E-state index contributed by atoms with van der Waals surface area (Å²) in [7, 11) is 2.14. The van der Waals surface area contributed by atoms with Gasteiger partial charge in [0.05, 0.1) is 0 Å². The van der Waals surface area contributed by atoms with Crippen molar-refractivity contribution in [2.75, 3.05) is 0 Å². The van der Waals surface area contributed by atoms with E-state index in [1.165, 1.54) is 27.9 Å². The first-order chi connectivity index (χ1) is 10.5. The third kappa shape index (κ3) is 4.43. The van der Waals surface area contributed by atoms with Crippen LogP contribution >= 0.6 is 0 Å². The fourth-order valence-corrected chi connectivity index (χ4v) is 2.97. The third-order valence-electron chi connectivity index (χ3n) is 4.33. The lowest BCUT2D eigenvalue weighted by Gasteiger charge is -2.21. The second-order valence-corrected chi connectivity index (χ2v) is 9.05. The number of hydrogen-bond donors (Lipinski definition) is 0. The predicted molar refractivity (Wildman–Crippen MR) is 99.7 cm³/mol. The molecule has 0 unspecified atom stereocenters. The van der Waals surface area contributed by atoms with Gasteiger partial charge in [-0.15, -0.1) is 0 Å². The average Bonchev–Trinajstić information content (AvgIpc) is 2.39. The predicted octanol–water partition coefficient (Wildman–Crippen LogP) is 5.37. The van der Waals surface area contributed by atoms with Crippen molar-refractivity contribution in [3.8, 4) is 11.3 Å². The van der Waals surface area contributed by atoms with Gasteiger partial charge in [0.2, 0.25) is 5.69 Å². The molecule has 1 heterocycles. The highest BCUT2D eigenvalue weighted by Gasteiger charge is 2.20. The van der Waals surface area contributed by atoms with Gasteiger partial charge in [-0.2, -0.15) is 0 Å². The van der Waals surface area contributed by atoms with Crippen molar-refractivity contribution in [2.45, 2.75) is 60.3 Å². The van der Waals surface area contributed by atoms with Gasteiger partial charge in [-0.25, -0.2) is 4.57 Å². The van der Waals surface area contributed by atoms with Crippen LogP contribution in [0.5, 0.6) is 0 Å². The molecule has 0 saturated heterocycles. The number of pyridine rings is 1. The van der Waals surface area contributed by atoms with Crippen LogP contribution in [-0.2, 0) is 18.9 Å². The van der Waals surface area contributed by atoms with Gasteiger partial charge in [-0.3, -0.25) is 0 Å². The van der Waals surface area contributed by atoms with Crippen LogP contribution in [0.15, 0.2) is 36.5 Å². The number of aromatic nitrogens is 1. The molecule has 2 aromatic rings. The average molecular weight is 311 g/mol. The van der Waals surface area contributed by atoms with Crippen LogP contribution < -0.4 is 4.57 Å². The molecule has 1 nitrogen and oxygen atoms in total. The fraction of sp³-hybridized carbons (Fsp3) is 0.500. The van der Waals surface area contributed by atoms with E-state index in [1.54, 1.807) is 0 Å². The molecular weight excluding hydrogens is 278 g/mol. The van der Waals surface area contributed by atoms with Crippen molar-refractivity contribution in [3.63, 3.8) is 0 Å². The van der Waals surface area contributed by atoms with Crippen molar-refractivity contribution >= 4 is 0 Å². The van der Waals surface area contributed by atoms with Crippen molar-refractivity contribution in [1.29, 1.82) is 0 Å². The van der Waals surface area contributed by atoms with E-state index in [4.69, 9.17) is 0 Å². The minimum absolute atomic E-state index is 0.171. The smallest absolute Gasteiger partial charge is 0.201 e. The van der Waals surface area contributed by atoms with Crippen molar-refractivity contribution < 1.29 is 4.57 Å². The van der Waals surface area contributed by atoms with Gasteiger partial charge < -0.3 is 0 Å². The minimum atomic E-state index is 0.171. The monoisotopic (exact) mass is 310 g/mol. The Bertz CT molecular complexity index is 697. The van der Waals surface area contributed by atoms with Crippen LogP contribution in [0, 0.1) is 12.3 Å². The molecule has 2 rings (SSSR count). The van der Waals surface area contributed by atoms with Crippen LogP contribution in [0.4, 0.5) is 0 Å². The summed E-state index contributed by atoms with van der Waals surface area (Å²) in [6, 6.07) is 11.5. The Morgan fingerprint density at radius 1 is 0.913 bits per heavy atom. The molecule has 1 aromatic heterocycles. The van der Waals surface area contributed by atoms with Crippen LogP contribution in [0.3, 0.4) is 0 Å². The van der Waals surface area contributed by atoms with Gasteiger partial charge in [-0.05, 0) is 46.9 Å². The Kier molecular flexibility index (Phi) is 4.71. The topological polar surface area (TPSA) is 3.88 Å². The molecule has 0 radical (unpaired) electrons. The number of hydrogen-bond acceptors (Lipinski definition) is 0. The molecule has 124 valence electrons. The summed E-state index contributed by atoms with van der Waals surface area (Å²) in [5, 5.41) is 0. The van der Waals surface area contributed by atoms with Gasteiger partial charge in [0.1, 0.15) is 7.05 Å². The van der Waals surface area contributed by atoms with Gasteiger partial charge in [0.25, 0.3) is 0 Å². The Balaban J connectivity index is 2.55. The second kappa shape index (κ2) is 6.11. The van der Waals surface area contributed by atoms with Crippen molar-refractivity contribution in [3.05, 3.63) is 53.2 Å². The molecule has 0 bridgehead atoms. The number of benzene rings is 1. The van der Waals surface area contributed by atoms with Gasteiger partial charge in [-0.1, -0.05) is 53.7 Å². The lowest BCUT2D eigenvalue weighted by atomic mass is 9.84. The van der Waals surface area contributed by atoms with E-state index in [2.05, 4.69) is 96.6 Å². The lowest BCUT2D eigenvalue weighted by Crippen LogP contribution is -2.31. The van der Waals surface area contributed by atoms with Crippen LogP contribution in [0.1, 0.15) is 58.2 Å². The minimum Gasteiger partial charge on any atom is -0.201 e. The maximum Gasteiger partial charge on any atom is 0.212 e. The van der Waals surface area contributed by atoms with E-state index in [0.717, 1.165) is 6.42 Å². The SMILES string of the molecule is Cc1ccc(C(C)(C)C)cc1-c1cc(CC(C)(C)C)cc[n+]1C. The molecule has 0 atom stereocenters. The molecule has 0 aliphatic heterocycles. The van der Waals surface area contributed by atoms with Crippen LogP contribution in [-0.4, -0.2) is 0 Å². The summed E-state index contributed by atoms with van der Waals surface area (Å²) >= 11 is 0. The summed E-state index contributed by atoms with van der Waals surface area (Å²) in [6.07, 6.45) is 3.29. The van der Waals surface area contributed by atoms with Crippen molar-refractivity contribution in [2.24, 2.45) is 12.5 Å². The molecule has 0 N–H and O–H groups in total. The summed E-state index contributed by atoms with van der Waals surface area (Å²) in [6.45, 7) is 15.9. The van der Waals surface area contributed by atoms with Crippen LogP contribution in [0.25, 0.3) is 11.3 Å². The zero-order valence-electron chi connectivity index (χ0n) is 16.1. The molecule has 0 spiro atoms. The Morgan fingerprint density at radius 3 is 2.13 bits per heavy atom. The maximum absolute atomic E-state index is 2.37. The van der Waals surface area contributed by atoms with E-state index in [-0.39, 0.29) is 5.41 Å². The van der Waals surface area contributed by atoms with Crippen molar-refractivity contribution in [1.82, 2.24) is 0 Å². The molecule has 0 amide bonds. The molecule has 0 fully saturated rings. The number of rotatable bonds is 2. The molecule has 0 saturated carbocycles. The first-order valence-corrected chi connectivity index (χ1v) is 8.57. The fourth-order valence-electron chi connectivity index (χ4n) is 2.97. The number of aryl methyl sites for hydroxylation is 2. The summed E-state index contributed by atoms with van der Waals surface area (Å²) < 4.78 is 2.24. The van der Waals surface area contributed by atoms with E-state index >= 15 is 0 Å². The quantitative estimate of drug-likeness (QED) is 0.656.